The molecule has 1 N–H and O–H groups in total. The third kappa shape index (κ3) is 6.51. The average molecular weight is 531 g/mol. The van der Waals surface area contributed by atoms with Crippen LogP contribution in [0.5, 0.6) is 0 Å². The van der Waals surface area contributed by atoms with Crippen LogP contribution in [-0.4, -0.2) is 31.3 Å². The van der Waals surface area contributed by atoms with Gasteiger partial charge in [0.1, 0.15) is 0 Å². The average Bonchev–Trinajstić information content (AvgIpc) is 3.02. The summed E-state index contributed by atoms with van der Waals surface area (Å²) in [5, 5.41) is 3.14. The van der Waals surface area contributed by atoms with Gasteiger partial charge in [0, 0.05) is 37.3 Å². The molecule has 4 aromatic rings. The number of piperidine rings is 1. The van der Waals surface area contributed by atoms with Crippen LogP contribution in [0.15, 0.2) is 109 Å². The molecule has 1 aliphatic rings. The molecule has 5 rings (SSSR count). The molecule has 0 spiro atoms. The van der Waals surface area contributed by atoms with E-state index in [9.17, 15) is 9.59 Å². The first kappa shape index (κ1) is 27.4. The van der Waals surface area contributed by atoms with Gasteiger partial charge >= 0.3 is 0 Å². The van der Waals surface area contributed by atoms with Crippen molar-refractivity contribution in [2.75, 3.05) is 24.5 Å². The highest BCUT2D eigenvalue weighted by atomic mass is 16.2. The summed E-state index contributed by atoms with van der Waals surface area (Å²) in [4.78, 5) is 28.8. The van der Waals surface area contributed by atoms with Crippen LogP contribution in [0, 0.1) is 5.92 Å². The van der Waals surface area contributed by atoms with Crippen LogP contribution >= 0.6 is 0 Å². The minimum atomic E-state index is -0.109. The highest BCUT2D eigenvalue weighted by Gasteiger charge is 2.32. The van der Waals surface area contributed by atoms with Crippen LogP contribution in [0.3, 0.4) is 0 Å². The van der Waals surface area contributed by atoms with E-state index in [4.69, 9.17) is 0 Å². The molecule has 1 amide bonds. The number of anilines is 1. The number of ketones is 1. The number of carbonyl (C=O) groups excluding carboxylic acids is 2. The lowest BCUT2D eigenvalue weighted by atomic mass is 9.79. The zero-order valence-corrected chi connectivity index (χ0v) is 23.3. The fourth-order valence-electron chi connectivity index (χ4n) is 5.85. The summed E-state index contributed by atoms with van der Waals surface area (Å²) >= 11 is 0. The van der Waals surface area contributed by atoms with E-state index in [0.717, 1.165) is 60.2 Å². The topological polar surface area (TPSA) is 49.4 Å². The molecule has 0 radical (unpaired) electrons. The van der Waals surface area contributed by atoms with E-state index >= 15 is 0 Å². The number of benzene rings is 4. The highest BCUT2D eigenvalue weighted by Crippen LogP contribution is 2.35. The third-order valence-electron chi connectivity index (χ3n) is 7.98. The fraction of sp³-hybridized carbons (Fsp3) is 0.278. The Hall–Kier alpha value is -4.18. The molecule has 1 atom stereocenters. The van der Waals surface area contributed by atoms with Gasteiger partial charge in [-0.15, -0.1) is 0 Å². The largest absolute Gasteiger partial charge is 0.372 e. The molecule has 1 aliphatic heterocycles. The Bertz CT molecular complexity index is 1390. The van der Waals surface area contributed by atoms with Crippen LogP contribution in [0.4, 0.5) is 5.69 Å². The number of Topliss-reactive ketones (excluding diaryl/α,β-unsaturated/α-hetero) is 1. The van der Waals surface area contributed by atoms with Crippen molar-refractivity contribution in [3.8, 4) is 11.1 Å². The number of nitrogens with one attached hydrogen (secondary N) is 1. The molecule has 0 bridgehead atoms. The third-order valence-corrected chi connectivity index (χ3v) is 7.98. The van der Waals surface area contributed by atoms with Gasteiger partial charge in [0.15, 0.2) is 5.78 Å². The monoisotopic (exact) mass is 530 g/mol. The number of hydrogen-bond donors (Lipinski definition) is 1. The first-order valence-electron chi connectivity index (χ1n) is 14.5. The van der Waals surface area contributed by atoms with E-state index in [0.29, 0.717) is 18.9 Å². The van der Waals surface area contributed by atoms with Crippen molar-refractivity contribution in [3.63, 3.8) is 0 Å². The normalized spacial score (nSPS) is 14.5. The van der Waals surface area contributed by atoms with Crippen molar-refractivity contribution in [1.82, 2.24) is 5.32 Å². The molecule has 1 saturated heterocycles. The predicted molar refractivity (Wildman–Crippen MR) is 164 cm³/mol. The van der Waals surface area contributed by atoms with Crippen molar-refractivity contribution >= 4 is 17.4 Å². The summed E-state index contributed by atoms with van der Waals surface area (Å²) in [6.07, 6.45) is 3.25. The lowest BCUT2D eigenvalue weighted by Crippen LogP contribution is -2.40. The number of nitrogens with zero attached hydrogens (tertiary/aromatic N) is 1. The zero-order chi connectivity index (χ0) is 27.7. The summed E-state index contributed by atoms with van der Waals surface area (Å²) in [6.45, 7) is 4.63. The standard InChI is InChI=1S/C36H38N2O2/c1-2-23-37-36(40)35(29-13-7-4-8-14-29)30-21-24-38(25-22-30)31-19-17-27(18-20-31)26-34(39)33-16-10-9-15-32(33)28-11-5-3-6-12-28/h3-20,30,35H,2,21-26H2,1H3,(H,37,40). The van der Waals surface area contributed by atoms with Crippen LogP contribution < -0.4 is 10.2 Å². The Kier molecular flexibility index (Phi) is 9.07. The maximum Gasteiger partial charge on any atom is 0.227 e. The fourth-order valence-corrected chi connectivity index (χ4v) is 5.85. The minimum absolute atomic E-state index is 0.109. The van der Waals surface area contributed by atoms with E-state index in [1.807, 2.05) is 72.8 Å². The number of hydrogen-bond acceptors (Lipinski definition) is 3. The lowest BCUT2D eigenvalue weighted by Gasteiger charge is -2.37. The maximum atomic E-state index is 13.3. The Labute approximate surface area is 238 Å². The first-order valence-corrected chi connectivity index (χ1v) is 14.5. The second kappa shape index (κ2) is 13.3. The minimum Gasteiger partial charge on any atom is -0.372 e. The lowest BCUT2D eigenvalue weighted by molar-refractivity contribution is -0.124. The molecule has 1 heterocycles. The van der Waals surface area contributed by atoms with Gasteiger partial charge in [-0.1, -0.05) is 104 Å². The van der Waals surface area contributed by atoms with Crippen LogP contribution in [0.2, 0.25) is 0 Å². The van der Waals surface area contributed by atoms with Gasteiger partial charge in [-0.2, -0.15) is 0 Å². The number of carbonyl (C=O) groups is 2. The summed E-state index contributed by atoms with van der Waals surface area (Å²) < 4.78 is 0. The van der Waals surface area contributed by atoms with Gasteiger partial charge in [-0.25, -0.2) is 0 Å². The van der Waals surface area contributed by atoms with E-state index in [2.05, 4.69) is 53.5 Å². The Balaban J connectivity index is 1.22. The predicted octanol–water partition coefficient (Wildman–Crippen LogP) is 7.31. The molecule has 4 aromatic carbocycles. The second-order valence-electron chi connectivity index (χ2n) is 10.7. The van der Waals surface area contributed by atoms with Crippen LogP contribution in [-0.2, 0) is 11.2 Å². The molecule has 1 fully saturated rings. The van der Waals surface area contributed by atoms with Crippen molar-refractivity contribution in [2.24, 2.45) is 5.92 Å². The van der Waals surface area contributed by atoms with Crippen LogP contribution in [0.25, 0.3) is 11.1 Å². The Morgan fingerprint density at radius 3 is 2.10 bits per heavy atom. The quantitative estimate of drug-likeness (QED) is 0.219. The molecule has 0 aromatic heterocycles. The number of amides is 1. The van der Waals surface area contributed by atoms with Crippen molar-refractivity contribution in [1.29, 1.82) is 0 Å². The molecule has 1 unspecified atom stereocenters. The van der Waals surface area contributed by atoms with E-state index in [-0.39, 0.29) is 17.6 Å². The summed E-state index contributed by atoms with van der Waals surface area (Å²) in [5.41, 5.74) is 6.09. The Morgan fingerprint density at radius 2 is 1.43 bits per heavy atom. The van der Waals surface area contributed by atoms with Crippen LogP contribution in [0.1, 0.15) is 53.6 Å². The van der Waals surface area contributed by atoms with Gasteiger partial charge in [-0.05, 0) is 59.6 Å². The SMILES string of the molecule is CCCNC(=O)C(c1ccccc1)C1CCN(c2ccc(CC(=O)c3ccccc3-c3ccccc3)cc2)CC1. The highest BCUT2D eigenvalue weighted by molar-refractivity contribution is 6.03. The number of rotatable bonds is 10. The summed E-state index contributed by atoms with van der Waals surface area (Å²) in [6, 6.07) is 36.6. The van der Waals surface area contributed by atoms with Gasteiger partial charge < -0.3 is 10.2 Å². The molecule has 204 valence electrons. The molecule has 0 aliphatic carbocycles. The van der Waals surface area contributed by atoms with Crippen molar-refractivity contribution < 1.29 is 9.59 Å². The molecule has 0 saturated carbocycles. The molecule has 4 nitrogen and oxygen atoms in total. The molecule has 4 heteroatoms. The van der Waals surface area contributed by atoms with E-state index in [1.54, 1.807) is 0 Å². The van der Waals surface area contributed by atoms with E-state index in [1.165, 1.54) is 5.69 Å². The van der Waals surface area contributed by atoms with E-state index < -0.39 is 0 Å². The van der Waals surface area contributed by atoms with Gasteiger partial charge in [0.2, 0.25) is 5.91 Å². The maximum absolute atomic E-state index is 13.3. The Morgan fingerprint density at radius 1 is 0.800 bits per heavy atom. The second-order valence-corrected chi connectivity index (χ2v) is 10.7. The van der Waals surface area contributed by atoms with Crippen molar-refractivity contribution in [2.45, 2.75) is 38.5 Å². The van der Waals surface area contributed by atoms with Gasteiger partial charge in [-0.3, -0.25) is 9.59 Å². The summed E-state index contributed by atoms with van der Waals surface area (Å²) in [5.74, 6) is 0.481. The molecular formula is C36H38N2O2. The van der Waals surface area contributed by atoms with Crippen molar-refractivity contribution in [3.05, 3.63) is 126 Å². The summed E-state index contributed by atoms with van der Waals surface area (Å²) in [7, 11) is 0. The molecular weight excluding hydrogens is 492 g/mol. The smallest absolute Gasteiger partial charge is 0.227 e. The van der Waals surface area contributed by atoms with Gasteiger partial charge in [0.05, 0.1) is 5.92 Å². The first-order chi connectivity index (χ1) is 19.6. The zero-order valence-electron chi connectivity index (χ0n) is 23.3. The molecule has 40 heavy (non-hydrogen) atoms. The van der Waals surface area contributed by atoms with Gasteiger partial charge in [0.25, 0.3) is 0 Å².